The molecule has 1 fully saturated rings. The van der Waals surface area contributed by atoms with E-state index in [0.29, 0.717) is 30.4 Å². The normalized spacial score (nSPS) is 16.3. The molecule has 0 saturated carbocycles. The van der Waals surface area contributed by atoms with Gasteiger partial charge in [0.15, 0.2) is 0 Å². The van der Waals surface area contributed by atoms with Gasteiger partial charge in [0.05, 0.1) is 12.7 Å². The fraction of sp³-hybridized carbons (Fsp3) is 0.333. The van der Waals surface area contributed by atoms with Crippen LogP contribution in [0.3, 0.4) is 0 Å². The zero-order valence-corrected chi connectivity index (χ0v) is 18.2. The first kappa shape index (κ1) is 21.5. The van der Waals surface area contributed by atoms with Crippen LogP contribution in [0.25, 0.3) is 0 Å². The van der Waals surface area contributed by atoms with E-state index in [9.17, 15) is 9.18 Å². The van der Waals surface area contributed by atoms with Crippen molar-refractivity contribution in [3.05, 3.63) is 88.3 Å². The van der Waals surface area contributed by atoms with E-state index in [1.807, 2.05) is 41.1 Å². The number of carbonyl (C=O) groups excluding carboxylic acids is 1. The highest BCUT2D eigenvalue weighted by Crippen LogP contribution is 2.32. The maximum Gasteiger partial charge on any atom is 0.237 e. The molecule has 162 valence electrons. The molecule has 7 heteroatoms. The van der Waals surface area contributed by atoms with Crippen LogP contribution >= 0.6 is 11.6 Å². The van der Waals surface area contributed by atoms with Crippen LogP contribution in [0.4, 0.5) is 4.39 Å². The lowest BCUT2D eigenvalue weighted by atomic mass is 10.1. The molecule has 1 aliphatic heterocycles. The third-order valence-electron chi connectivity index (χ3n) is 5.52. The molecule has 0 N–H and O–H groups in total. The van der Waals surface area contributed by atoms with E-state index in [4.69, 9.17) is 16.0 Å². The molecule has 0 aliphatic carbocycles. The van der Waals surface area contributed by atoms with Crippen molar-refractivity contribution in [1.82, 2.24) is 14.8 Å². The molecule has 1 aliphatic rings. The van der Waals surface area contributed by atoms with E-state index < -0.39 is 0 Å². The Labute approximate surface area is 186 Å². The molecule has 31 heavy (non-hydrogen) atoms. The predicted molar refractivity (Wildman–Crippen MR) is 117 cm³/mol. The summed E-state index contributed by atoms with van der Waals surface area (Å²) >= 11 is 6.25. The zero-order valence-electron chi connectivity index (χ0n) is 17.4. The summed E-state index contributed by atoms with van der Waals surface area (Å²) in [4.78, 5) is 21.2. The first-order chi connectivity index (χ1) is 15.0. The highest BCUT2D eigenvalue weighted by molar-refractivity contribution is 6.31. The standard InChI is InChI=1S/C24H25ClFN3O2/c1-28(15-17-8-10-19(26)11-9-17)16-23(30)29-12-4-7-22(29)24-27-14-20(31-24)13-18-5-2-3-6-21(18)25/h2-3,5-6,8-11,14,22H,4,7,12-13,15-16H2,1H3/t22-/m1/s1. The van der Waals surface area contributed by atoms with Gasteiger partial charge in [-0.3, -0.25) is 9.69 Å². The Kier molecular flexibility index (Phi) is 6.68. The molecule has 3 aromatic rings. The summed E-state index contributed by atoms with van der Waals surface area (Å²) in [6.45, 7) is 1.54. The van der Waals surface area contributed by atoms with E-state index in [2.05, 4.69) is 4.98 Å². The number of hydrogen-bond acceptors (Lipinski definition) is 4. The molecule has 1 amide bonds. The summed E-state index contributed by atoms with van der Waals surface area (Å²) in [7, 11) is 1.89. The van der Waals surface area contributed by atoms with Gasteiger partial charge in [0.2, 0.25) is 11.8 Å². The van der Waals surface area contributed by atoms with Gasteiger partial charge < -0.3 is 9.32 Å². The predicted octanol–water partition coefficient (Wildman–Crippen LogP) is 4.85. The Morgan fingerprint density at radius 1 is 1.26 bits per heavy atom. The van der Waals surface area contributed by atoms with Crippen LogP contribution in [0.1, 0.15) is 41.7 Å². The van der Waals surface area contributed by atoms with Gasteiger partial charge in [0.25, 0.3) is 0 Å². The number of hydrogen-bond donors (Lipinski definition) is 0. The monoisotopic (exact) mass is 441 g/mol. The molecule has 5 nitrogen and oxygen atoms in total. The summed E-state index contributed by atoms with van der Waals surface area (Å²) in [6.07, 6.45) is 4.04. The lowest BCUT2D eigenvalue weighted by Crippen LogP contribution is -2.38. The second-order valence-electron chi connectivity index (χ2n) is 7.98. The minimum Gasteiger partial charge on any atom is -0.443 e. The van der Waals surface area contributed by atoms with Crippen LogP contribution in [0.5, 0.6) is 0 Å². The van der Waals surface area contributed by atoms with Crippen molar-refractivity contribution in [2.24, 2.45) is 0 Å². The number of amides is 1. The van der Waals surface area contributed by atoms with Gasteiger partial charge in [-0.15, -0.1) is 0 Å². The van der Waals surface area contributed by atoms with Crippen LogP contribution in [0.2, 0.25) is 5.02 Å². The molecule has 0 unspecified atom stereocenters. The van der Waals surface area contributed by atoms with E-state index in [-0.39, 0.29) is 24.3 Å². The summed E-state index contributed by atoms with van der Waals surface area (Å²) in [5, 5.41) is 0.697. The topological polar surface area (TPSA) is 49.6 Å². The third kappa shape index (κ3) is 5.32. The Balaban J connectivity index is 1.38. The number of likely N-dealkylation sites (N-methyl/N-ethyl adjacent to an activating group) is 1. The lowest BCUT2D eigenvalue weighted by Gasteiger charge is -2.25. The molecule has 1 atom stereocenters. The number of rotatable bonds is 7. The van der Waals surface area contributed by atoms with Crippen molar-refractivity contribution in [2.45, 2.75) is 31.8 Å². The lowest BCUT2D eigenvalue weighted by molar-refractivity contribution is -0.133. The minimum atomic E-state index is -0.262. The number of nitrogens with zero attached hydrogens (tertiary/aromatic N) is 3. The molecular weight excluding hydrogens is 417 g/mol. The second kappa shape index (κ2) is 9.62. The third-order valence-corrected chi connectivity index (χ3v) is 5.89. The van der Waals surface area contributed by atoms with Gasteiger partial charge >= 0.3 is 0 Å². The number of carbonyl (C=O) groups is 1. The zero-order chi connectivity index (χ0) is 21.8. The van der Waals surface area contributed by atoms with Crippen LogP contribution < -0.4 is 0 Å². The average molecular weight is 442 g/mol. The van der Waals surface area contributed by atoms with Gasteiger partial charge in [0, 0.05) is 24.5 Å². The number of likely N-dealkylation sites (tertiary alicyclic amines) is 1. The molecule has 1 aromatic heterocycles. The van der Waals surface area contributed by atoms with E-state index in [0.717, 1.165) is 29.7 Å². The van der Waals surface area contributed by atoms with E-state index >= 15 is 0 Å². The molecule has 0 radical (unpaired) electrons. The maximum atomic E-state index is 13.1. The number of aromatic nitrogens is 1. The molecule has 1 saturated heterocycles. The highest BCUT2D eigenvalue weighted by atomic mass is 35.5. The number of oxazole rings is 1. The van der Waals surface area contributed by atoms with Crippen LogP contribution in [0, 0.1) is 5.82 Å². The van der Waals surface area contributed by atoms with Crippen LogP contribution in [0.15, 0.2) is 59.1 Å². The highest BCUT2D eigenvalue weighted by Gasteiger charge is 2.33. The summed E-state index contributed by atoms with van der Waals surface area (Å²) in [5.41, 5.74) is 1.94. The number of benzene rings is 2. The Bertz CT molecular complexity index is 1040. The second-order valence-corrected chi connectivity index (χ2v) is 8.38. The van der Waals surface area contributed by atoms with Crippen molar-refractivity contribution in [1.29, 1.82) is 0 Å². The van der Waals surface area contributed by atoms with Gasteiger partial charge in [-0.05, 0) is 49.2 Å². The molecule has 4 rings (SSSR count). The van der Waals surface area contributed by atoms with Crippen molar-refractivity contribution in [2.75, 3.05) is 20.1 Å². The molecule has 0 bridgehead atoms. The minimum absolute atomic E-state index is 0.0398. The van der Waals surface area contributed by atoms with Gasteiger partial charge in [-0.2, -0.15) is 0 Å². The van der Waals surface area contributed by atoms with Gasteiger partial charge in [0.1, 0.15) is 17.6 Å². The fourth-order valence-corrected chi connectivity index (χ4v) is 4.19. The van der Waals surface area contributed by atoms with Crippen molar-refractivity contribution < 1.29 is 13.6 Å². The molecular formula is C24H25ClFN3O2. The van der Waals surface area contributed by atoms with E-state index in [1.165, 1.54) is 12.1 Å². The summed E-state index contributed by atoms with van der Waals surface area (Å²) < 4.78 is 19.1. The quantitative estimate of drug-likeness (QED) is 0.525. The van der Waals surface area contributed by atoms with Crippen molar-refractivity contribution in [3.63, 3.8) is 0 Å². The molecule has 2 aromatic carbocycles. The molecule has 0 spiro atoms. The van der Waals surface area contributed by atoms with Crippen LogP contribution in [-0.2, 0) is 17.8 Å². The fourth-order valence-electron chi connectivity index (χ4n) is 3.99. The first-order valence-electron chi connectivity index (χ1n) is 10.4. The molecule has 2 heterocycles. The number of halogens is 2. The van der Waals surface area contributed by atoms with Gasteiger partial charge in [-0.25, -0.2) is 9.37 Å². The average Bonchev–Trinajstić information content (AvgIpc) is 3.41. The van der Waals surface area contributed by atoms with Crippen molar-refractivity contribution in [3.8, 4) is 0 Å². The maximum absolute atomic E-state index is 13.1. The van der Waals surface area contributed by atoms with Crippen molar-refractivity contribution >= 4 is 17.5 Å². The Morgan fingerprint density at radius 3 is 2.81 bits per heavy atom. The summed E-state index contributed by atoms with van der Waals surface area (Å²) in [6, 6.07) is 13.9. The summed E-state index contributed by atoms with van der Waals surface area (Å²) in [5.74, 6) is 1.09. The SMILES string of the molecule is CN(CC(=O)N1CCC[C@@H]1c1ncc(Cc2ccccc2Cl)o1)Cc1ccc(F)cc1. The van der Waals surface area contributed by atoms with E-state index in [1.54, 1.807) is 18.3 Å². The first-order valence-corrected chi connectivity index (χ1v) is 10.8. The van der Waals surface area contributed by atoms with Crippen LogP contribution in [-0.4, -0.2) is 40.8 Å². The van der Waals surface area contributed by atoms with Gasteiger partial charge in [-0.1, -0.05) is 41.9 Å². The largest absolute Gasteiger partial charge is 0.443 e. The Morgan fingerprint density at radius 2 is 2.03 bits per heavy atom. The Hall–Kier alpha value is -2.70. The smallest absolute Gasteiger partial charge is 0.237 e.